The SMILES string of the molecule is CC(O)Cc1coc(-c2ccc(Cl)cc2)n1. The molecule has 0 spiro atoms. The maximum absolute atomic E-state index is 9.22. The maximum Gasteiger partial charge on any atom is 0.226 e. The Labute approximate surface area is 98.7 Å². The monoisotopic (exact) mass is 237 g/mol. The van der Waals surface area contributed by atoms with E-state index >= 15 is 0 Å². The number of aliphatic hydroxyl groups is 1. The topological polar surface area (TPSA) is 46.3 Å². The zero-order chi connectivity index (χ0) is 11.5. The van der Waals surface area contributed by atoms with Crippen molar-refractivity contribution in [1.29, 1.82) is 0 Å². The van der Waals surface area contributed by atoms with Crippen molar-refractivity contribution in [3.8, 4) is 11.5 Å². The highest BCUT2D eigenvalue weighted by Crippen LogP contribution is 2.21. The number of aliphatic hydroxyl groups excluding tert-OH is 1. The summed E-state index contributed by atoms with van der Waals surface area (Å²) in [4.78, 5) is 4.28. The Morgan fingerprint density at radius 1 is 1.38 bits per heavy atom. The molecular weight excluding hydrogens is 226 g/mol. The molecule has 0 aliphatic rings. The van der Waals surface area contributed by atoms with Crippen molar-refractivity contribution in [3.05, 3.63) is 41.2 Å². The van der Waals surface area contributed by atoms with Crippen LogP contribution < -0.4 is 0 Å². The van der Waals surface area contributed by atoms with Gasteiger partial charge in [-0.2, -0.15) is 0 Å². The summed E-state index contributed by atoms with van der Waals surface area (Å²) < 4.78 is 5.33. The van der Waals surface area contributed by atoms with Crippen molar-refractivity contribution in [2.75, 3.05) is 0 Å². The van der Waals surface area contributed by atoms with Crippen molar-refractivity contribution in [2.24, 2.45) is 0 Å². The standard InChI is InChI=1S/C12H12ClNO2/c1-8(15)6-11-7-16-12(14-11)9-2-4-10(13)5-3-9/h2-5,7-8,15H,6H2,1H3. The molecule has 4 heteroatoms. The lowest BCUT2D eigenvalue weighted by atomic mass is 10.2. The van der Waals surface area contributed by atoms with Gasteiger partial charge in [0.2, 0.25) is 5.89 Å². The number of hydrogen-bond donors (Lipinski definition) is 1. The molecule has 2 aromatic rings. The van der Waals surface area contributed by atoms with E-state index in [0.717, 1.165) is 11.3 Å². The summed E-state index contributed by atoms with van der Waals surface area (Å²) in [5.74, 6) is 0.548. The zero-order valence-corrected chi connectivity index (χ0v) is 9.61. The van der Waals surface area contributed by atoms with Gasteiger partial charge in [-0.15, -0.1) is 0 Å². The van der Waals surface area contributed by atoms with E-state index in [2.05, 4.69) is 4.98 Å². The average molecular weight is 238 g/mol. The molecule has 1 N–H and O–H groups in total. The van der Waals surface area contributed by atoms with E-state index in [-0.39, 0.29) is 0 Å². The fourth-order valence-corrected chi connectivity index (χ4v) is 1.55. The Morgan fingerprint density at radius 3 is 2.69 bits per heavy atom. The first-order valence-corrected chi connectivity index (χ1v) is 5.41. The van der Waals surface area contributed by atoms with Gasteiger partial charge in [0.25, 0.3) is 0 Å². The van der Waals surface area contributed by atoms with Crippen molar-refractivity contribution < 1.29 is 9.52 Å². The first-order chi connectivity index (χ1) is 7.65. The molecule has 16 heavy (non-hydrogen) atoms. The molecule has 0 fully saturated rings. The smallest absolute Gasteiger partial charge is 0.226 e. The molecule has 0 bridgehead atoms. The quantitative estimate of drug-likeness (QED) is 0.893. The second kappa shape index (κ2) is 4.68. The summed E-state index contributed by atoms with van der Waals surface area (Å²) >= 11 is 5.79. The van der Waals surface area contributed by atoms with Gasteiger partial charge in [-0.25, -0.2) is 4.98 Å². The summed E-state index contributed by atoms with van der Waals surface area (Å²) in [6.45, 7) is 1.72. The van der Waals surface area contributed by atoms with E-state index < -0.39 is 6.10 Å². The zero-order valence-electron chi connectivity index (χ0n) is 8.85. The number of halogens is 1. The number of oxazole rings is 1. The van der Waals surface area contributed by atoms with Crippen molar-refractivity contribution in [2.45, 2.75) is 19.4 Å². The summed E-state index contributed by atoms with van der Waals surface area (Å²) in [5, 5.41) is 9.90. The normalized spacial score (nSPS) is 12.7. The molecule has 0 aliphatic heterocycles. The van der Waals surface area contributed by atoms with Gasteiger partial charge in [0.05, 0.1) is 11.8 Å². The fourth-order valence-electron chi connectivity index (χ4n) is 1.43. The summed E-state index contributed by atoms with van der Waals surface area (Å²) in [7, 11) is 0. The lowest BCUT2D eigenvalue weighted by molar-refractivity contribution is 0.194. The Bertz CT molecular complexity index is 462. The third-order valence-electron chi connectivity index (χ3n) is 2.15. The van der Waals surface area contributed by atoms with Crippen LogP contribution >= 0.6 is 11.6 Å². The van der Waals surface area contributed by atoms with Crippen LogP contribution in [-0.4, -0.2) is 16.2 Å². The molecule has 1 aromatic carbocycles. The number of rotatable bonds is 3. The molecular formula is C12H12ClNO2. The number of aromatic nitrogens is 1. The Morgan fingerprint density at radius 2 is 2.06 bits per heavy atom. The van der Waals surface area contributed by atoms with Crippen molar-refractivity contribution in [1.82, 2.24) is 4.98 Å². The molecule has 1 aromatic heterocycles. The van der Waals surface area contributed by atoms with Crippen LogP contribution in [0.1, 0.15) is 12.6 Å². The third-order valence-corrected chi connectivity index (χ3v) is 2.40. The number of hydrogen-bond acceptors (Lipinski definition) is 3. The first-order valence-electron chi connectivity index (χ1n) is 5.03. The summed E-state index contributed by atoms with van der Waals surface area (Å²) in [6, 6.07) is 7.27. The predicted molar refractivity (Wildman–Crippen MR) is 62.3 cm³/mol. The Kier molecular flexibility index (Phi) is 3.27. The van der Waals surface area contributed by atoms with E-state index in [1.807, 2.05) is 12.1 Å². The van der Waals surface area contributed by atoms with Gasteiger partial charge in [0, 0.05) is 17.0 Å². The fraction of sp³-hybridized carbons (Fsp3) is 0.250. The van der Waals surface area contributed by atoms with Crippen LogP contribution in [0.4, 0.5) is 0 Å². The predicted octanol–water partition coefficient (Wildman–Crippen LogP) is 2.92. The average Bonchev–Trinajstić information content (AvgIpc) is 2.66. The molecule has 3 nitrogen and oxygen atoms in total. The van der Waals surface area contributed by atoms with E-state index in [4.69, 9.17) is 16.0 Å². The third kappa shape index (κ3) is 2.62. The van der Waals surface area contributed by atoms with Crippen LogP contribution in [0.2, 0.25) is 5.02 Å². The van der Waals surface area contributed by atoms with Gasteiger partial charge < -0.3 is 9.52 Å². The molecule has 0 saturated carbocycles. The molecule has 84 valence electrons. The second-order valence-electron chi connectivity index (χ2n) is 3.70. The minimum atomic E-state index is -0.414. The van der Waals surface area contributed by atoms with E-state index in [0.29, 0.717) is 17.3 Å². The molecule has 0 amide bonds. The van der Waals surface area contributed by atoms with Gasteiger partial charge in [0.1, 0.15) is 6.26 Å². The molecule has 2 rings (SSSR count). The van der Waals surface area contributed by atoms with Gasteiger partial charge in [-0.3, -0.25) is 0 Å². The minimum Gasteiger partial charge on any atom is -0.444 e. The highest BCUT2D eigenvalue weighted by molar-refractivity contribution is 6.30. The van der Waals surface area contributed by atoms with E-state index in [1.54, 1.807) is 25.3 Å². The molecule has 0 saturated heterocycles. The van der Waals surface area contributed by atoms with Crippen molar-refractivity contribution in [3.63, 3.8) is 0 Å². The van der Waals surface area contributed by atoms with Crippen LogP contribution in [0.3, 0.4) is 0 Å². The summed E-state index contributed by atoms with van der Waals surface area (Å²) in [6.07, 6.45) is 1.65. The van der Waals surface area contributed by atoms with Gasteiger partial charge in [-0.05, 0) is 31.2 Å². The first kappa shape index (κ1) is 11.2. The lowest BCUT2D eigenvalue weighted by Crippen LogP contribution is -2.04. The van der Waals surface area contributed by atoms with E-state index in [1.165, 1.54) is 0 Å². The Hall–Kier alpha value is -1.32. The molecule has 0 radical (unpaired) electrons. The van der Waals surface area contributed by atoms with Crippen LogP contribution in [-0.2, 0) is 6.42 Å². The van der Waals surface area contributed by atoms with Gasteiger partial charge in [0.15, 0.2) is 0 Å². The van der Waals surface area contributed by atoms with Gasteiger partial charge >= 0.3 is 0 Å². The molecule has 0 aliphatic carbocycles. The number of benzene rings is 1. The van der Waals surface area contributed by atoms with Gasteiger partial charge in [-0.1, -0.05) is 11.6 Å². The molecule has 1 unspecified atom stereocenters. The number of nitrogens with zero attached hydrogens (tertiary/aromatic N) is 1. The van der Waals surface area contributed by atoms with Crippen LogP contribution in [0.15, 0.2) is 34.9 Å². The highest BCUT2D eigenvalue weighted by atomic mass is 35.5. The minimum absolute atomic E-state index is 0.414. The maximum atomic E-state index is 9.22. The molecule has 1 heterocycles. The van der Waals surface area contributed by atoms with Crippen LogP contribution in [0, 0.1) is 0 Å². The van der Waals surface area contributed by atoms with Crippen LogP contribution in [0.25, 0.3) is 11.5 Å². The van der Waals surface area contributed by atoms with Crippen molar-refractivity contribution >= 4 is 11.6 Å². The largest absolute Gasteiger partial charge is 0.444 e. The summed E-state index contributed by atoms with van der Waals surface area (Å²) in [5.41, 5.74) is 1.63. The van der Waals surface area contributed by atoms with E-state index in [9.17, 15) is 5.11 Å². The highest BCUT2D eigenvalue weighted by Gasteiger charge is 2.08. The Balaban J connectivity index is 2.21. The van der Waals surface area contributed by atoms with Crippen LogP contribution in [0.5, 0.6) is 0 Å². The second-order valence-corrected chi connectivity index (χ2v) is 4.14. The molecule has 1 atom stereocenters. The lowest BCUT2D eigenvalue weighted by Gasteiger charge is -1.97.